The lowest BCUT2D eigenvalue weighted by molar-refractivity contribution is -0.126. The molecular formula is C19H23N3O2S. The van der Waals surface area contributed by atoms with Crippen molar-refractivity contribution in [3.8, 4) is 10.6 Å². The molecule has 2 amide bonds. The number of hydrogen-bond donors (Lipinski definition) is 1. The number of carbonyl (C=O) groups is 2. The second-order valence-corrected chi connectivity index (χ2v) is 7.26. The maximum absolute atomic E-state index is 12.9. The normalized spacial score (nSPS) is 15.2. The van der Waals surface area contributed by atoms with Gasteiger partial charge >= 0.3 is 0 Å². The fourth-order valence-corrected chi connectivity index (χ4v) is 4.15. The Morgan fingerprint density at radius 2 is 1.92 bits per heavy atom. The summed E-state index contributed by atoms with van der Waals surface area (Å²) in [7, 11) is 0. The Hall–Kier alpha value is -2.21. The third-order valence-electron chi connectivity index (χ3n) is 4.52. The summed E-state index contributed by atoms with van der Waals surface area (Å²) < 4.78 is 0. The van der Waals surface area contributed by atoms with Gasteiger partial charge in [0.05, 0.1) is 5.69 Å². The van der Waals surface area contributed by atoms with E-state index in [9.17, 15) is 9.59 Å². The largest absolute Gasteiger partial charge is 0.356 e. The quantitative estimate of drug-likeness (QED) is 0.914. The molecular weight excluding hydrogens is 334 g/mol. The number of amides is 2. The first kappa shape index (κ1) is 17.6. The second kappa shape index (κ2) is 7.78. The highest BCUT2D eigenvalue weighted by Crippen LogP contribution is 2.29. The van der Waals surface area contributed by atoms with E-state index in [1.165, 1.54) is 11.3 Å². The minimum Gasteiger partial charge on any atom is -0.356 e. The number of nitrogens with zero attached hydrogens (tertiary/aromatic N) is 2. The highest BCUT2D eigenvalue weighted by Gasteiger charge is 2.29. The molecule has 6 heteroatoms. The highest BCUT2D eigenvalue weighted by atomic mass is 32.1. The van der Waals surface area contributed by atoms with E-state index in [0.29, 0.717) is 24.5 Å². The summed E-state index contributed by atoms with van der Waals surface area (Å²) in [5, 5.41) is 3.75. The van der Waals surface area contributed by atoms with Crippen molar-refractivity contribution in [2.75, 3.05) is 19.6 Å². The molecule has 132 valence electrons. The average molecular weight is 357 g/mol. The third-order valence-corrected chi connectivity index (χ3v) is 5.71. The number of rotatable bonds is 4. The summed E-state index contributed by atoms with van der Waals surface area (Å²) in [4.78, 5) is 31.9. The molecule has 0 bridgehead atoms. The molecule has 0 saturated carbocycles. The zero-order valence-corrected chi connectivity index (χ0v) is 15.4. The fraction of sp³-hybridized carbons (Fsp3) is 0.421. The van der Waals surface area contributed by atoms with E-state index >= 15 is 0 Å². The smallest absolute Gasteiger partial charge is 0.265 e. The first-order chi connectivity index (χ1) is 12.1. The Kier molecular flexibility index (Phi) is 5.48. The first-order valence-corrected chi connectivity index (χ1v) is 9.51. The van der Waals surface area contributed by atoms with E-state index < -0.39 is 0 Å². The van der Waals surface area contributed by atoms with Gasteiger partial charge in [-0.25, -0.2) is 4.98 Å². The number of likely N-dealkylation sites (tertiary alicyclic amines) is 1. The van der Waals surface area contributed by atoms with Crippen molar-refractivity contribution in [2.45, 2.75) is 26.7 Å². The molecule has 3 rings (SSSR count). The Labute approximate surface area is 152 Å². The maximum Gasteiger partial charge on any atom is 0.265 e. The maximum atomic E-state index is 12.9. The van der Waals surface area contributed by atoms with Crippen LogP contribution in [0, 0.1) is 12.8 Å². The average Bonchev–Trinajstić information content (AvgIpc) is 3.04. The SMILES string of the molecule is CCNC(=O)C1CCN(C(=O)c2sc(-c3ccccc3)nc2C)CC1. The minimum absolute atomic E-state index is 0.0198. The van der Waals surface area contributed by atoms with Crippen molar-refractivity contribution in [3.63, 3.8) is 0 Å². The van der Waals surface area contributed by atoms with Gasteiger partial charge in [-0.15, -0.1) is 11.3 Å². The van der Waals surface area contributed by atoms with Gasteiger partial charge in [0.2, 0.25) is 5.91 Å². The lowest BCUT2D eigenvalue weighted by atomic mass is 9.96. The summed E-state index contributed by atoms with van der Waals surface area (Å²) in [6.45, 7) is 5.71. The zero-order chi connectivity index (χ0) is 17.8. The minimum atomic E-state index is 0.0198. The van der Waals surface area contributed by atoms with Crippen molar-refractivity contribution in [2.24, 2.45) is 5.92 Å². The topological polar surface area (TPSA) is 62.3 Å². The first-order valence-electron chi connectivity index (χ1n) is 8.70. The number of thiazole rings is 1. The molecule has 1 N–H and O–H groups in total. The van der Waals surface area contributed by atoms with Gasteiger partial charge < -0.3 is 10.2 Å². The van der Waals surface area contributed by atoms with E-state index in [1.54, 1.807) is 0 Å². The van der Waals surface area contributed by atoms with Gasteiger partial charge in [-0.3, -0.25) is 9.59 Å². The monoisotopic (exact) mass is 357 g/mol. The molecule has 1 saturated heterocycles. The van der Waals surface area contributed by atoms with Gasteiger partial charge in [0.1, 0.15) is 9.88 Å². The van der Waals surface area contributed by atoms with Gasteiger partial charge in [0.15, 0.2) is 0 Å². The van der Waals surface area contributed by atoms with Crippen LogP contribution in [0.2, 0.25) is 0 Å². The van der Waals surface area contributed by atoms with Gasteiger partial charge in [-0.05, 0) is 26.7 Å². The summed E-state index contributed by atoms with van der Waals surface area (Å²) in [5.74, 6) is 0.160. The Balaban J connectivity index is 1.68. The van der Waals surface area contributed by atoms with Crippen molar-refractivity contribution in [1.29, 1.82) is 0 Å². The number of hydrogen-bond acceptors (Lipinski definition) is 4. The van der Waals surface area contributed by atoms with Crippen LogP contribution in [0.3, 0.4) is 0 Å². The molecule has 1 fully saturated rings. The molecule has 0 radical (unpaired) electrons. The number of benzene rings is 1. The van der Waals surface area contributed by atoms with Crippen molar-refractivity contribution < 1.29 is 9.59 Å². The van der Waals surface area contributed by atoms with Gasteiger partial charge in [-0.2, -0.15) is 0 Å². The second-order valence-electron chi connectivity index (χ2n) is 6.26. The molecule has 1 aromatic carbocycles. The number of aryl methyl sites for hydroxylation is 1. The molecule has 0 atom stereocenters. The Bertz CT molecular complexity index is 749. The molecule has 1 aliphatic heterocycles. The van der Waals surface area contributed by atoms with Crippen molar-refractivity contribution in [1.82, 2.24) is 15.2 Å². The summed E-state index contributed by atoms with van der Waals surface area (Å²) in [6, 6.07) is 9.92. The van der Waals surface area contributed by atoms with Crippen LogP contribution in [-0.2, 0) is 4.79 Å². The predicted molar refractivity (Wildman–Crippen MR) is 99.6 cm³/mol. The van der Waals surface area contributed by atoms with Crippen LogP contribution in [0.4, 0.5) is 0 Å². The molecule has 2 aromatic rings. The van der Waals surface area contributed by atoms with E-state index in [4.69, 9.17) is 0 Å². The van der Waals surface area contributed by atoms with E-state index in [0.717, 1.165) is 29.1 Å². The van der Waals surface area contributed by atoms with Crippen LogP contribution < -0.4 is 5.32 Å². The Morgan fingerprint density at radius 3 is 2.56 bits per heavy atom. The van der Waals surface area contributed by atoms with Gasteiger partial charge in [0.25, 0.3) is 5.91 Å². The van der Waals surface area contributed by atoms with Crippen LogP contribution in [0.15, 0.2) is 30.3 Å². The van der Waals surface area contributed by atoms with Crippen LogP contribution in [0.5, 0.6) is 0 Å². The number of aromatic nitrogens is 1. The molecule has 5 nitrogen and oxygen atoms in total. The summed E-state index contributed by atoms with van der Waals surface area (Å²) >= 11 is 1.45. The fourth-order valence-electron chi connectivity index (χ4n) is 3.11. The number of piperidine rings is 1. The number of nitrogens with one attached hydrogen (secondary N) is 1. The van der Waals surface area contributed by atoms with Gasteiger partial charge in [0, 0.05) is 31.1 Å². The molecule has 2 heterocycles. The van der Waals surface area contributed by atoms with Crippen LogP contribution >= 0.6 is 11.3 Å². The van der Waals surface area contributed by atoms with E-state index in [-0.39, 0.29) is 17.7 Å². The summed E-state index contributed by atoms with van der Waals surface area (Å²) in [5.41, 5.74) is 1.81. The molecule has 0 unspecified atom stereocenters. The predicted octanol–water partition coefficient (Wildman–Crippen LogP) is 3.11. The summed E-state index contributed by atoms with van der Waals surface area (Å²) in [6.07, 6.45) is 1.45. The van der Waals surface area contributed by atoms with Crippen LogP contribution in [0.1, 0.15) is 35.1 Å². The molecule has 1 aromatic heterocycles. The highest BCUT2D eigenvalue weighted by molar-refractivity contribution is 7.17. The van der Waals surface area contributed by atoms with E-state index in [1.807, 2.05) is 49.1 Å². The van der Waals surface area contributed by atoms with Crippen LogP contribution in [-0.4, -0.2) is 41.3 Å². The van der Waals surface area contributed by atoms with E-state index in [2.05, 4.69) is 10.3 Å². The number of carbonyl (C=O) groups excluding carboxylic acids is 2. The van der Waals surface area contributed by atoms with Crippen molar-refractivity contribution >= 4 is 23.2 Å². The molecule has 1 aliphatic rings. The lowest BCUT2D eigenvalue weighted by Gasteiger charge is -2.31. The Morgan fingerprint density at radius 1 is 1.24 bits per heavy atom. The third kappa shape index (κ3) is 3.90. The standard InChI is InChI=1S/C19H23N3O2S/c1-3-20-17(23)14-9-11-22(12-10-14)19(24)16-13(2)21-18(25-16)15-7-5-4-6-8-15/h4-8,14H,3,9-12H2,1-2H3,(H,20,23). The van der Waals surface area contributed by atoms with Gasteiger partial charge in [-0.1, -0.05) is 30.3 Å². The van der Waals surface area contributed by atoms with Crippen LogP contribution in [0.25, 0.3) is 10.6 Å². The molecule has 0 aliphatic carbocycles. The molecule has 25 heavy (non-hydrogen) atoms. The molecule has 0 spiro atoms. The zero-order valence-electron chi connectivity index (χ0n) is 14.6. The lowest BCUT2D eigenvalue weighted by Crippen LogP contribution is -2.43. The van der Waals surface area contributed by atoms with Crippen molar-refractivity contribution in [3.05, 3.63) is 40.9 Å².